The molecule has 0 radical (unpaired) electrons. The van der Waals surface area contributed by atoms with Gasteiger partial charge in [0.25, 0.3) is 0 Å². The number of rotatable bonds is 19. The van der Waals surface area contributed by atoms with Crippen LogP contribution in [0.25, 0.3) is 0 Å². The Hall–Kier alpha value is -0.910. The summed E-state index contributed by atoms with van der Waals surface area (Å²) in [4.78, 5) is 12.9. The third-order valence-corrected chi connectivity index (χ3v) is 5.25. The van der Waals surface area contributed by atoms with Gasteiger partial charge in [0.2, 0.25) is 5.91 Å². The first-order valence-electron chi connectivity index (χ1n) is 11.3. The Morgan fingerprint density at radius 2 is 1.61 bits per heavy atom. The second-order valence-electron chi connectivity index (χ2n) is 8.72. The predicted molar refractivity (Wildman–Crippen MR) is 118 cm³/mol. The van der Waals surface area contributed by atoms with Crippen molar-refractivity contribution in [3.8, 4) is 0 Å². The van der Waals surface area contributed by atoms with E-state index in [0.29, 0.717) is 26.3 Å². The number of nitrogens with zero attached hydrogens (tertiary/aromatic N) is 2. The van der Waals surface area contributed by atoms with Gasteiger partial charge < -0.3 is 19.2 Å². The Morgan fingerprint density at radius 3 is 2.14 bits per heavy atom. The van der Waals surface area contributed by atoms with Crippen molar-refractivity contribution >= 4 is 5.91 Å². The smallest absolute Gasteiger partial charge is 0.245 e. The second-order valence-corrected chi connectivity index (χ2v) is 8.72. The van der Waals surface area contributed by atoms with Crippen molar-refractivity contribution in [3.63, 3.8) is 0 Å². The molecule has 0 heterocycles. The molecule has 0 spiro atoms. The zero-order chi connectivity index (χ0) is 21.3. The summed E-state index contributed by atoms with van der Waals surface area (Å²) >= 11 is 0. The number of ether oxygens (including phenoxy) is 1. The van der Waals surface area contributed by atoms with Gasteiger partial charge in [-0.05, 0) is 18.9 Å². The molecule has 0 aliphatic rings. The molecule has 0 fully saturated rings. The summed E-state index contributed by atoms with van der Waals surface area (Å²) in [5.41, 5.74) is 0. The molecule has 0 bridgehead atoms. The molecule has 1 unspecified atom stereocenters. The summed E-state index contributed by atoms with van der Waals surface area (Å²) < 4.78 is 6.34. The van der Waals surface area contributed by atoms with Gasteiger partial charge in [-0.1, -0.05) is 64.9 Å². The molecule has 0 aliphatic carbocycles. The van der Waals surface area contributed by atoms with Gasteiger partial charge in [0.1, 0.15) is 12.6 Å². The first-order chi connectivity index (χ1) is 13.3. The van der Waals surface area contributed by atoms with Crippen LogP contribution >= 0.6 is 0 Å². The molecule has 0 aliphatic heterocycles. The predicted octanol–water partition coefficient (Wildman–Crippen LogP) is 4.01. The lowest BCUT2D eigenvalue weighted by molar-refractivity contribution is -0.893. The number of likely N-dealkylation sites (N-methyl/N-ethyl adjacent to an activating group) is 2. The highest BCUT2D eigenvalue weighted by Crippen LogP contribution is 2.12. The Labute approximate surface area is 174 Å². The van der Waals surface area contributed by atoms with E-state index >= 15 is 0 Å². The molecule has 5 nitrogen and oxygen atoms in total. The van der Waals surface area contributed by atoms with Crippen LogP contribution in [0.1, 0.15) is 71.1 Å². The van der Waals surface area contributed by atoms with E-state index in [0.717, 1.165) is 11.0 Å². The SMILES string of the molecule is C=CC(=O)N(C)CCOCC(O)C[N+](C)(C)CCCCCCCCCCCC. The van der Waals surface area contributed by atoms with Gasteiger partial charge in [-0.2, -0.15) is 0 Å². The molecule has 0 aromatic heterocycles. The van der Waals surface area contributed by atoms with Gasteiger partial charge in [-0.3, -0.25) is 4.79 Å². The second kappa shape index (κ2) is 17.0. The molecule has 0 saturated heterocycles. The number of unbranched alkanes of at least 4 members (excludes halogenated alkanes) is 9. The number of amides is 1. The maximum absolute atomic E-state index is 11.4. The van der Waals surface area contributed by atoms with Crippen LogP contribution in [-0.4, -0.2) is 80.5 Å². The monoisotopic (exact) mass is 399 g/mol. The van der Waals surface area contributed by atoms with Crippen LogP contribution < -0.4 is 0 Å². The number of aliphatic hydroxyl groups is 1. The van der Waals surface area contributed by atoms with Crippen molar-refractivity contribution < 1.29 is 19.1 Å². The summed E-state index contributed by atoms with van der Waals surface area (Å²) in [6.45, 7) is 8.76. The minimum Gasteiger partial charge on any atom is -0.385 e. The summed E-state index contributed by atoms with van der Waals surface area (Å²) in [5.74, 6) is -0.113. The van der Waals surface area contributed by atoms with Gasteiger partial charge in [0.15, 0.2) is 0 Å². The number of carbonyl (C=O) groups is 1. The van der Waals surface area contributed by atoms with E-state index in [9.17, 15) is 9.90 Å². The van der Waals surface area contributed by atoms with Crippen LogP contribution in [0.15, 0.2) is 12.7 Å². The summed E-state index contributed by atoms with van der Waals surface area (Å²) in [6.07, 6.45) is 14.3. The molecular formula is C23H47N2O3+. The van der Waals surface area contributed by atoms with E-state index in [1.54, 1.807) is 11.9 Å². The number of aliphatic hydroxyl groups excluding tert-OH is 1. The molecule has 0 rings (SSSR count). The van der Waals surface area contributed by atoms with Crippen molar-refractivity contribution in [2.45, 2.75) is 77.2 Å². The van der Waals surface area contributed by atoms with E-state index < -0.39 is 6.10 Å². The molecule has 0 saturated carbocycles. The first-order valence-corrected chi connectivity index (χ1v) is 11.3. The zero-order valence-electron chi connectivity index (χ0n) is 19.1. The lowest BCUT2D eigenvalue weighted by Gasteiger charge is -2.32. The maximum Gasteiger partial charge on any atom is 0.245 e. The minimum absolute atomic E-state index is 0.113. The Balaban J connectivity index is 3.66. The molecule has 1 amide bonds. The van der Waals surface area contributed by atoms with Gasteiger partial charge in [0, 0.05) is 13.6 Å². The largest absolute Gasteiger partial charge is 0.385 e. The lowest BCUT2D eigenvalue weighted by atomic mass is 10.1. The molecule has 1 atom stereocenters. The fourth-order valence-corrected chi connectivity index (χ4v) is 3.43. The van der Waals surface area contributed by atoms with Crippen molar-refractivity contribution in [2.24, 2.45) is 0 Å². The van der Waals surface area contributed by atoms with E-state index in [-0.39, 0.29) is 5.91 Å². The van der Waals surface area contributed by atoms with E-state index in [1.807, 2.05) is 0 Å². The Morgan fingerprint density at radius 1 is 1.07 bits per heavy atom. The summed E-state index contributed by atoms with van der Waals surface area (Å²) in [6, 6.07) is 0. The third-order valence-electron chi connectivity index (χ3n) is 5.25. The van der Waals surface area contributed by atoms with Crippen LogP contribution in [0.4, 0.5) is 0 Å². The lowest BCUT2D eigenvalue weighted by Crippen LogP contribution is -2.47. The highest BCUT2D eigenvalue weighted by atomic mass is 16.5. The average molecular weight is 400 g/mol. The van der Waals surface area contributed by atoms with Gasteiger partial charge in [-0.25, -0.2) is 0 Å². The standard InChI is InChI=1S/C23H47N2O3/c1-6-8-9-10-11-12-13-14-15-16-18-25(4,5)20-22(26)21-28-19-17-24(3)23(27)7-2/h7,22,26H,2,6,8-21H2,1,3-5H3/q+1. The first kappa shape index (κ1) is 27.1. The number of carbonyl (C=O) groups excluding carboxylic acids is 1. The molecule has 0 aromatic carbocycles. The molecule has 0 aromatic rings. The summed E-state index contributed by atoms with van der Waals surface area (Å²) in [7, 11) is 6.07. The van der Waals surface area contributed by atoms with Crippen molar-refractivity contribution in [1.82, 2.24) is 4.90 Å². The maximum atomic E-state index is 11.4. The quantitative estimate of drug-likeness (QED) is 0.203. The van der Waals surface area contributed by atoms with Crippen LogP contribution in [0.2, 0.25) is 0 Å². The van der Waals surface area contributed by atoms with Gasteiger partial charge in [-0.15, -0.1) is 0 Å². The zero-order valence-corrected chi connectivity index (χ0v) is 19.1. The highest BCUT2D eigenvalue weighted by molar-refractivity contribution is 5.86. The summed E-state index contributed by atoms with van der Waals surface area (Å²) in [5, 5.41) is 10.2. The van der Waals surface area contributed by atoms with Crippen LogP contribution in [0.5, 0.6) is 0 Å². The minimum atomic E-state index is -0.474. The van der Waals surface area contributed by atoms with Crippen LogP contribution in [-0.2, 0) is 9.53 Å². The Bertz CT molecular complexity index is 399. The highest BCUT2D eigenvalue weighted by Gasteiger charge is 2.20. The molecule has 166 valence electrons. The van der Waals surface area contributed by atoms with Crippen molar-refractivity contribution in [3.05, 3.63) is 12.7 Å². The van der Waals surface area contributed by atoms with E-state index in [2.05, 4.69) is 27.6 Å². The average Bonchev–Trinajstić information content (AvgIpc) is 2.65. The van der Waals surface area contributed by atoms with Crippen LogP contribution in [0.3, 0.4) is 0 Å². The van der Waals surface area contributed by atoms with Crippen molar-refractivity contribution in [1.29, 1.82) is 0 Å². The van der Waals surface area contributed by atoms with E-state index in [4.69, 9.17) is 4.74 Å². The van der Waals surface area contributed by atoms with E-state index in [1.165, 1.54) is 70.3 Å². The van der Waals surface area contributed by atoms with Gasteiger partial charge >= 0.3 is 0 Å². The van der Waals surface area contributed by atoms with Crippen LogP contribution in [0, 0.1) is 0 Å². The molecular weight excluding hydrogens is 352 g/mol. The van der Waals surface area contributed by atoms with Crippen molar-refractivity contribution in [2.75, 3.05) is 54.0 Å². The number of hydrogen-bond acceptors (Lipinski definition) is 3. The fourth-order valence-electron chi connectivity index (χ4n) is 3.43. The number of quaternary nitrogens is 1. The Kier molecular flexibility index (Phi) is 16.4. The topological polar surface area (TPSA) is 49.8 Å². The molecule has 1 N–H and O–H groups in total. The molecule has 28 heavy (non-hydrogen) atoms. The van der Waals surface area contributed by atoms with Gasteiger partial charge in [0.05, 0.1) is 33.9 Å². The normalized spacial score (nSPS) is 12.8. The molecule has 5 heteroatoms. The fraction of sp³-hybridized carbons (Fsp3) is 0.870. The third kappa shape index (κ3) is 16.1. The number of hydrogen-bond donors (Lipinski definition) is 1.